The summed E-state index contributed by atoms with van der Waals surface area (Å²) in [7, 11) is 0. The maximum absolute atomic E-state index is 5.68. The third-order valence-electron chi connectivity index (χ3n) is 4.47. The van der Waals surface area contributed by atoms with Crippen molar-refractivity contribution in [2.45, 2.75) is 32.0 Å². The summed E-state index contributed by atoms with van der Waals surface area (Å²) in [5.41, 5.74) is 6.13. The van der Waals surface area contributed by atoms with Gasteiger partial charge in [-0.2, -0.15) is 0 Å². The Morgan fingerprint density at radius 2 is 1.65 bits per heavy atom. The lowest BCUT2D eigenvalue weighted by Crippen LogP contribution is -2.25. The fraction of sp³-hybridized carbons (Fsp3) is 0.350. The van der Waals surface area contributed by atoms with Gasteiger partial charge in [-0.3, -0.25) is 4.99 Å². The molecule has 2 aliphatic rings. The molecule has 3 heteroatoms. The van der Waals surface area contributed by atoms with Crippen molar-refractivity contribution in [2.24, 2.45) is 4.99 Å². The number of aliphatic imine (C=N–C) groups is 1. The van der Waals surface area contributed by atoms with Crippen LogP contribution in [0.4, 0.5) is 5.69 Å². The third kappa shape index (κ3) is 3.21. The summed E-state index contributed by atoms with van der Waals surface area (Å²) in [5, 5.41) is 0. The summed E-state index contributed by atoms with van der Waals surface area (Å²) >= 11 is 0. The molecule has 4 rings (SSSR count). The average molecular weight is 307 g/mol. The molecule has 3 nitrogen and oxygen atoms in total. The highest BCUT2D eigenvalue weighted by Gasteiger charge is 2.19. The smallest absolute Gasteiger partial charge is 0.157 e. The quantitative estimate of drug-likeness (QED) is 0.848. The van der Waals surface area contributed by atoms with Crippen molar-refractivity contribution in [3.63, 3.8) is 0 Å². The van der Waals surface area contributed by atoms with Crippen LogP contribution >= 0.6 is 0 Å². The molecule has 0 N–H and O–H groups in total. The fourth-order valence-corrected chi connectivity index (χ4v) is 3.28. The highest BCUT2D eigenvalue weighted by Crippen LogP contribution is 2.30. The molecule has 2 aromatic rings. The third-order valence-corrected chi connectivity index (χ3v) is 4.47. The molecule has 0 aromatic heterocycles. The molecule has 0 saturated carbocycles. The minimum absolute atomic E-state index is 0.0860. The van der Waals surface area contributed by atoms with E-state index in [1.165, 1.54) is 16.7 Å². The molecule has 1 saturated heterocycles. The van der Waals surface area contributed by atoms with E-state index >= 15 is 0 Å². The lowest BCUT2D eigenvalue weighted by atomic mass is 9.96. The Hall–Kier alpha value is -1.97. The second kappa shape index (κ2) is 6.65. The molecule has 0 aliphatic carbocycles. The first-order chi connectivity index (χ1) is 11.4. The summed E-state index contributed by atoms with van der Waals surface area (Å²) in [6, 6.07) is 17.0. The average Bonchev–Trinajstić information content (AvgIpc) is 2.77. The van der Waals surface area contributed by atoms with Gasteiger partial charge in [0.2, 0.25) is 0 Å². The van der Waals surface area contributed by atoms with Crippen molar-refractivity contribution in [1.29, 1.82) is 0 Å². The second-order valence-electron chi connectivity index (χ2n) is 6.08. The molecule has 0 unspecified atom stereocenters. The van der Waals surface area contributed by atoms with Crippen molar-refractivity contribution in [1.82, 2.24) is 0 Å². The van der Waals surface area contributed by atoms with E-state index in [4.69, 9.17) is 14.5 Å². The molecular weight excluding hydrogens is 286 g/mol. The van der Waals surface area contributed by atoms with Gasteiger partial charge >= 0.3 is 0 Å². The zero-order chi connectivity index (χ0) is 15.5. The van der Waals surface area contributed by atoms with Gasteiger partial charge < -0.3 is 9.47 Å². The van der Waals surface area contributed by atoms with Gasteiger partial charge in [-0.1, -0.05) is 42.5 Å². The molecular formula is C20H21NO2. The Morgan fingerprint density at radius 3 is 2.52 bits per heavy atom. The molecule has 0 amide bonds. The van der Waals surface area contributed by atoms with Crippen LogP contribution in [-0.2, 0) is 15.9 Å². The van der Waals surface area contributed by atoms with Gasteiger partial charge in [0, 0.05) is 18.6 Å². The minimum atomic E-state index is -0.0860. The first-order valence-electron chi connectivity index (χ1n) is 8.37. The largest absolute Gasteiger partial charge is 0.353 e. The van der Waals surface area contributed by atoms with Crippen LogP contribution in [0.2, 0.25) is 0 Å². The van der Waals surface area contributed by atoms with E-state index in [9.17, 15) is 0 Å². The lowest BCUT2D eigenvalue weighted by molar-refractivity contribution is -0.180. The predicted molar refractivity (Wildman–Crippen MR) is 91.4 cm³/mol. The van der Waals surface area contributed by atoms with Crippen LogP contribution in [0.1, 0.15) is 36.0 Å². The van der Waals surface area contributed by atoms with Crippen LogP contribution in [0, 0.1) is 0 Å². The van der Waals surface area contributed by atoms with Crippen LogP contribution in [0.3, 0.4) is 0 Å². The van der Waals surface area contributed by atoms with Gasteiger partial charge in [0.25, 0.3) is 0 Å². The van der Waals surface area contributed by atoms with E-state index in [1.807, 2.05) is 0 Å². The number of rotatable bonds is 3. The van der Waals surface area contributed by atoms with Crippen LogP contribution < -0.4 is 0 Å². The first kappa shape index (κ1) is 14.6. The number of ether oxygens (including phenoxy) is 2. The Balaban J connectivity index is 1.64. The highest BCUT2D eigenvalue weighted by molar-refractivity contribution is 6.04. The minimum Gasteiger partial charge on any atom is -0.353 e. The van der Waals surface area contributed by atoms with E-state index in [0.29, 0.717) is 0 Å². The van der Waals surface area contributed by atoms with E-state index < -0.39 is 0 Å². The fourth-order valence-electron chi connectivity index (χ4n) is 3.28. The molecule has 0 radical (unpaired) electrons. The van der Waals surface area contributed by atoms with Crippen LogP contribution in [-0.4, -0.2) is 25.2 Å². The molecule has 0 spiro atoms. The maximum Gasteiger partial charge on any atom is 0.157 e. The summed E-state index contributed by atoms with van der Waals surface area (Å²) in [6.45, 7) is 1.60. The van der Waals surface area contributed by atoms with Crippen molar-refractivity contribution in [2.75, 3.05) is 13.2 Å². The first-order valence-corrected chi connectivity index (χ1v) is 8.37. The number of hydrogen-bond acceptors (Lipinski definition) is 3. The van der Waals surface area contributed by atoms with Gasteiger partial charge in [-0.15, -0.1) is 0 Å². The number of benzene rings is 2. The summed E-state index contributed by atoms with van der Waals surface area (Å²) in [4.78, 5) is 4.97. The number of hydrogen-bond donors (Lipinski definition) is 0. The molecule has 0 atom stereocenters. The van der Waals surface area contributed by atoms with Gasteiger partial charge in [0.15, 0.2) is 6.29 Å². The van der Waals surface area contributed by atoms with E-state index in [0.717, 1.165) is 50.3 Å². The van der Waals surface area contributed by atoms with Gasteiger partial charge in [-0.05, 0) is 35.6 Å². The molecule has 23 heavy (non-hydrogen) atoms. The van der Waals surface area contributed by atoms with Crippen molar-refractivity contribution >= 4 is 11.4 Å². The Morgan fingerprint density at radius 1 is 0.913 bits per heavy atom. The van der Waals surface area contributed by atoms with Gasteiger partial charge in [0.1, 0.15) is 0 Å². The monoisotopic (exact) mass is 307 g/mol. The zero-order valence-electron chi connectivity index (χ0n) is 13.2. The topological polar surface area (TPSA) is 30.8 Å². The van der Waals surface area contributed by atoms with Crippen molar-refractivity contribution in [3.05, 3.63) is 65.2 Å². The van der Waals surface area contributed by atoms with E-state index in [1.54, 1.807) is 0 Å². The van der Waals surface area contributed by atoms with Gasteiger partial charge in [-0.25, -0.2) is 0 Å². The Labute approximate surface area is 137 Å². The van der Waals surface area contributed by atoms with Crippen molar-refractivity contribution < 1.29 is 9.47 Å². The lowest BCUT2D eigenvalue weighted by Gasteiger charge is -2.23. The maximum atomic E-state index is 5.68. The van der Waals surface area contributed by atoms with E-state index in [2.05, 4.69) is 48.5 Å². The standard InChI is InChI=1S/C20H21NO2/c1-3-8-17-15(6-1)14-16-7-2-4-9-18(16)21-19(17)10-11-20-22-12-5-13-23-20/h1-4,6-9,20H,5,10-14H2. The molecule has 2 heterocycles. The SMILES string of the molecule is c1ccc2c(c1)Cc1ccccc1C(CCC1OCCCO1)=N2. The molecule has 2 aromatic carbocycles. The number of nitrogens with zero attached hydrogens (tertiary/aromatic N) is 1. The van der Waals surface area contributed by atoms with Crippen LogP contribution in [0.5, 0.6) is 0 Å². The molecule has 1 fully saturated rings. The van der Waals surface area contributed by atoms with Crippen LogP contribution in [0.25, 0.3) is 0 Å². The Bertz CT molecular complexity index is 717. The second-order valence-corrected chi connectivity index (χ2v) is 6.08. The summed E-state index contributed by atoms with van der Waals surface area (Å²) in [5.74, 6) is 0. The summed E-state index contributed by atoms with van der Waals surface area (Å²) < 4.78 is 11.4. The normalized spacial score (nSPS) is 17.8. The molecule has 0 bridgehead atoms. The van der Waals surface area contributed by atoms with E-state index in [-0.39, 0.29) is 6.29 Å². The summed E-state index contributed by atoms with van der Waals surface area (Å²) in [6.07, 6.45) is 3.58. The highest BCUT2D eigenvalue weighted by atomic mass is 16.7. The van der Waals surface area contributed by atoms with Gasteiger partial charge in [0.05, 0.1) is 18.9 Å². The van der Waals surface area contributed by atoms with Crippen LogP contribution in [0.15, 0.2) is 53.5 Å². The molecule has 118 valence electrons. The Kier molecular flexibility index (Phi) is 4.22. The number of para-hydroxylation sites is 1. The van der Waals surface area contributed by atoms with Crippen molar-refractivity contribution in [3.8, 4) is 0 Å². The predicted octanol–water partition coefficient (Wildman–Crippen LogP) is 4.25. The molecule has 2 aliphatic heterocycles. The number of fused-ring (bicyclic) bond motifs is 2. The zero-order valence-corrected chi connectivity index (χ0v) is 13.2.